The zero-order valence-corrected chi connectivity index (χ0v) is 7.96. The van der Waals surface area contributed by atoms with E-state index in [0.717, 1.165) is 0 Å². The Morgan fingerprint density at radius 3 is 3.07 bits per heavy atom. The minimum atomic E-state index is -0.454. The predicted molar refractivity (Wildman–Crippen MR) is 51.4 cm³/mol. The van der Waals surface area contributed by atoms with E-state index in [4.69, 9.17) is 0 Å². The van der Waals surface area contributed by atoms with Crippen LogP contribution in [-0.2, 0) is 6.54 Å². The van der Waals surface area contributed by atoms with E-state index < -0.39 is 5.95 Å². The van der Waals surface area contributed by atoms with E-state index in [0.29, 0.717) is 17.2 Å². The maximum absolute atomic E-state index is 13.0. The van der Waals surface area contributed by atoms with Crippen molar-refractivity contribution in [3.63, 3.8) is 0 Å². The minimum absolute atomic E-state index is 0.370. The smallest absolute Gasteiger partial charge is 0.217 e. The van der Waals surface area contributed by atoms with Crippen LogP contribution in [0, 0.1) is 5.95 Å². The Labute approximate surface area is 84.0 Å². The Hall–Kier alpha value is -1.56. The Bertz CT molecular complexity index is 403. The first-order valence-electron chi connectivity index (χ1n) is 3.96. The molecule has 2 aromatic rings. The number of hydrogen-bond donors (Lipinski definition) is 1. The number of rotatable bonds is 3. The third kappa shape index (κ3) is 2.02. The fraction of sp³-hybridized carbons (Fsp3) is 0.125. The van der Waals surface area contributed by atoms with Gasteiger partial charge in [0.1, 0.15) is 6.33 Å². The van der Waals surface area contributed by atoms with Crippen molar-refractivity contribution < 1.29 is 4.39 Å². The fourth-order valence-electron chi connectivity index (χ4n) is 0.973. The molecule has 0 radical (unpaired) electrons. The zero-order chi connectivity index (χ0) is 9.80. The highest BCUT2D eigenvalue weighted by Gasteiger charge is 2.02. The van der Waals surface area contributed by atoms with Gasteiger partial charge in [-0.15, -0.1) is 0 Å². The van der Waals surface area contributed by atoms with Gasteiger partial charge in [-0.05, 0) is 6.07 Å². The molecule has 0 atom stereocenters. The minimum Gasteiger partial charge on any atom is -0.356 e. The number of nitrogens with zero attached hydrogens (tertiary/aromatic N) is 3. The van der Waals surface area contributed by atoms with Gasteiger partial charge in [0, 0.05) is 29.8 Å². The van der Waals surface area contributed by atoms with Crippen molar-refractivity contribution in [3.8, 4) is 0 Å². The summed E-state index contributed by atoms with van der Waals surface area (Å²) in [5.74, 6) is -0.454. The molecular weight excluding hydrogens is 203 g/mol. The SMILES string of the molecule is Fc1ncccc1CNc1ncns1. The second kappa shape index (κ2) is 4.10. The lowest BCUT2D eigenvalue weighted by atomic mass is 10.3. The van der Waals surface area contributed by atoms with Crippen LogP contribution in [0.4, 0.5) is 9.52 Å². The van der Waals surface area contributed by atoms with E-state index >= 15 is 0 Å². The molecule has 72 valence electrons. The van der Waals surface area contributed by atoms with Crippen LogP contribution in [0.2, 0.25) is 0 Å². The first-order chi connectivity index (χ1) is 6.86. The molecule has 0 aliphatic heterocycles. The normalized spacial score (nSPS) is 10.1. The van der Waals surface area contributed by atoms with Crippen LogP contribution in [0.15, 0.2) is 24.7 Å². The number of pyridine rings is 1. The van der Waals surface area contributed by atoms with E-state index in [-0.39, 0.29) is 0 Å². The molecule has 2 rings (SSSR count). The molecule has 0 amide bonds. The summed E-state index contributed by atoms with van der Waals surface area (Å²) in [6.07, 6.45) is 2.87. The molecule has 6 heteroatoms. The average Bonchev–Trinajstić information content (AvgIpc) is 2.69. The second-order valence-electron chi connectivity index (χ2n) is 2.55. The predicted octanol–water partition coefficient (Wildman–Crippen LogP) is 1.68. The van der Waals surface area contributed by atoms with Crippen molar-refractivity contribution in [2.75, 3.05) is 5.32 Å². The van der Waals surface area contributed by atoms with Crippen LogP contribution < -0.4 is 5.32 Å². The number of nitrogens with one attached hydrogen (secondary N) is 1. The van der Waals surface area contributed by atoms with Crippen LogP contribution in [0.25, 0.3) is 0 Å². The summed E-state index contributed by atoms with van der Waals surface area (Å²) in [6.45, 7) is 0.370. The molecular formula is C8H7FN4S. The number of hydrogen-bond acceptors (Lipinski definition) is 5. The van der Waals surface area contributed by atoms with Crippen LogP contribution in [0.3, 0.4) is 0 Å². The van der Waals surface area contributed by atoms with Crippen LogP contribution in [-0.4, -0.2) is 14.3 Å². The molecule has 1 N–H and O–H groups in total. The molecule has 2 aromatic heterocycles. The maximum Gasteiger partial charge on any atom is 0.217 e. The summed E-state index contributed by atoms with van der Waals surface area (Å²) < 4.78 is 16.9. The van der Waals surface area contributed by atoms with Crippen LogP contribution >= 0.6 is 11.5 Å². The molecule has 0 saturated carbocycles. The second-order valence-corrected chi connectivity index (χ2v) is 3.33. The monoisotopic (exact) mass is 210 g/mol. The number of aromatic nitrogens is 3. The highest BCUT2D eigenvalue weighted by molar-refractivity contribution is 7.09. The van der Waals surface area contributed by atoms with Gasteiger partial charge in [0.2, 0.25) is 11.1 Å². The summed E-state index contributed by atoms with van der Waals surface area (Å²) in [6, 6.07) is 3.37. The average molecular weight is 210 g/mol. The number of anilines is 1. The Balaban J connectivity index is 2.02. The molecule has 14 heavy (non-hydrogen) atoms. The summed E-state index contributed by atoms with van der Waals surface area (Å²) in [7, 11) is 0. The van der Waals surface area contributed by atoms with E-state index in [1.165, 1.54) is 24.1 Å². The largest absolute Gasteiger partial charge is 0.356 e. The summed E-state index contributed by atoms with van der Waals surface area (Å²) in [5, 5.41) is 3.62. The molecule has 0 saturated heterocycles. The summed E-state index contributed by atoms with van der Waals surface area (Å²) >= 11 is 1.23. The quantitative estimate of drug-likeness (QED) is 0.783. The summed E-state index contributed by atoms with van der Waals surface area (Å²) in [5.41, 5.74) is 0.516. The van der Waals surface area contributed by atoms with Gasteiger partial charge in [-0.3, -0.25) is 0 Å². The van der Waals surface area contributed by atoms with Gasteiger partial charge in [0.15, 0.2) is 0 Å². The maximum atomic E-state index is 13.0. The molecule has 0 fully saturated rings. The van der Waals surface area contributed by atoms with Crippen molar-refractivity contribution >= 4 is 16.7 Å². The van der Waals surface area contributed by atoms with E-state index in [1.807, 2.05) is 0 Å². The Morgan fingerprint density at radius 1 is 1.43 bits per heavy atom. The molecule has 0 aliphatic rings. The van der Waals surface area contributed by atoms with Gasteiger partial charge in [-0.2, -0.15) is 8.76 Å². The first-order valence-corrected chi connectivity index (χ1v) is 4.73. The third-order valence-corrected chi connectivity index (χ3v) is 2.25. The highest BCUT2D eigenvalue weighted by Crippen LogP contribution is 2.10. The van der Waals surface area contributed by atoms with Gasteiger partial charge >= 0.3 is 0 Å². The van der Waals surface area contributed by atoms with E-state index in [2.05, 4.69) is 19.7 Å². The highest BCUT2D eigenvalue weighted by atomic mass is 32.1. The van der Waals surface area contributed by atoms with Crippen LogP contribution in [0.5, 0.6) is 0 Å². The molecule has 0 bridgehead atoms. The first kappa shape index (κ1) is 9.01. The molecule has 0 spiro atoms. The lowest BCUT2D eigenvalue weighted by Crippen LogP contribution is -2.02. The van der Waals surface area contributed by atoms with Gasteiger partial charge < -0.3 is 5.32 Å². The molecule has 0 unspecified atom stereocenters. The van der Waals surface area contributed by atoms with Gasteiger partial charge in [0.05, 0.1) is 0 Å². The van der Waals surface area contributed by atoms with Crippen molar-refractivity contribution in [1.29, 1.82) is 0 Å². The van der Waals surface area contributed by atoms with Crippen molar-refractivity contribution in [1.82, 2.24) is 14.3 Å². The van der Waals surface area contributed by atoms with Crippen molar-refractivity contribution in [3.05, 3.63) is 36.2 Å². The lowest BCUT2D eigenvalue weighted by molar-refractivity contribution is 0.569. The van der Waals surface area contributed by atoms with Gasteiger partial charge in [-0.25, -0.2) is 9.97 Å². The lowest BCUT2D eigenvalue weighted by Gasteiger charge is -2.01. The molecule has 2 heterocycles. The Kier molecular flexibility index (Phi) is 2.64. The van der Waals surface area contributed by atoms with E-state index in [9.17, 15) is 4.39 Å². The van der Waals surface area contributed by atoms with Crippen molar-refractivity contribution in [2.45, 2.75) is 6.54 Å². The fourth-order valence-corrected chi connectivity index (χ4v) is 1.40. The number of halogens is 1. The Morgan fingerprint density at radius 2 is 2.36 bits per heavy atom. The molecule has 0 aliphatic carbocycles. The van der Waals surface area contributed by atoms with Crippen molar-refractivity contribution in [2.24, 2.45) is 0 Å². The third-order valence-electron chi connectivity index (χ3n) is 1.63. The van der Waals surface area contributed by atoms with Gasteiger partial charge in [-0.1, -0.05) is 6.07 Å². The zero-order valence-electron chi connectivity index (χ0n) is 7.14. The molecule has 4 nitrogen and oxygen atoms in total. The standard InChI is InChI=1S/C8H7FN4S/c9-7-6(2-1-3-10-7)4-11-8-12-5-13-14-8/h1-3,5H,4H2,(H,11,12,13). The summed E-state index contributed by atoms with van der Waals surface area (Å²) in [4.78, 5) is 7.45. The van der Waals surface area contributed by atoms with E-state index in [1.54, 1.807) is 12.1 Å². The van der Waals surface area contributed by atoms with Gasteiger partial charge in [0.25, 0.3) is 0 Å². The topological polar surface area (TPSA) is 50.7 Å². The molecule has 0 aromatic carbocycles. The van der Waals surface area contributed by atoms with Crippen LogP contribution in [0.1, 0.15) is 5.56 Å².